The van der Waals surface area contributed by atoms with Crippen molar-refractivity contribution >= 4 is 11.6 Å². The van der Waals surface area contributed by atoms with Crippen LogP contribution in [-0.4, -0.2) is 58.8 Å². The molecule has 0 bridgehead atoms. The van der Waals surface area contributed by atoms with E-state index in [-0.39, 0.29) is 6.61 Å². The molecule has 200 valence electrons. The second-order valence-corrected chi connectivity index (χ2v) is 10.5. The Bertz CT molecular complexity index is 1170. The van der Waals surface area contributed by atoms with Gasteiger partial charge in [0, 0.05) is 37.3 Å². The molecule has 0 spiro atoms. The molecule has 0 radical (unpaired) electrons. The molecule has 4 rings (SSSR count). The SMILES string of the molecule is COc1ccc(CN2CCC[C@](O)(COc3cc(C)c(Cl)c(C)c3)C2)cc1OCCCn1cc(C)cn1. The van der Waals surface area contributed by atoms with Crippen molar-refractivity contribution in [2.45, 2.75) is 58.7 Å². The van der Waals surface area contributed by atoms with Crippen LogP contribution in [0.5, 0.6) is 17.2 Å². The highest BCUT2D eigenvalue weighted by Gasteiger charge is 2.34. The zero-order valence-electron chi connectivity index (χ0n) is 22.3. The lowest BCUT2D eigenvalue weighted by atomic mass is 9.93. The zero-order valence-corrected chi connectivity index (χ0v) is 23.1. The molecule has 8 heteroatoms. The van der Waals surface area contributed by atoms with Crippen LogP contribution < -0.4 is 14.2 Å². The Kier molecular flexibility index (Phi) is 9.00. The lowest BCUT2D eigenvalue weighted by Crippen LogP contribution is -2.51. The minimum absolute atomic E-state index is 0.247. The first-order valence-corrected chi connectivity index (χ1v) is 13.3. The van der Waals surface area contributed by atoms with E-state index in [1.165, 1.54) is 0 Å². The Morgan fingerprint density at radius 3 is 2.57 bits per heavy atom. The van der Waals surface area contributed by atoms with E-state index >= 15 is 0 Å². The highest BCUT2D eigenvalue weighted by molar-refractivity contribution is 6.32. The third-order valence-electron chi connectivity index (χ3n) is 6.74. The van der Waals surface area contributed by atoms with Gasteiger partial charge in [-0.3, -0.25) is 9.58 Å². The average Bonchev–Trinajstić information content (AvgIpc) is 3.29. The fourth-order valence-electron chi connectivity index (χ4n) is 4.85. The predicted octanol–water partition coefficient (Wildman–Crippen LogP) is 5.35. The first kappa shape index (κ1) is 27.3. The average molecular weight is 528 g/mol. The van der Waals surface area contributed by atoms with Gasteiger partial charge in [-0.25, -0.2) is 0 Å². The fourth-order valence-corrected chi connectivity index (χ4v) is 4.96. The van der Waals surface area contributed by atoms with E-state index < -0.39 is 5.60 Å². The van der Waals surface area contributed by atoms with Crippen LogP contribution in [0.15, 0.2) is 42.7 Å². The highest BCUT2D eigenvalue weighted by Crippen LogP contribution is 2.31. The van der Waals surface area contributed by atoms with E-state index in [1.54, 1.807) is 7.11 Å². The van der Waals surface area contributed by atoms with Crippen molar-refractivity contribution in [3.8, 4) is 17.2 Å². The highest BCUT2D eigenvalue weighted by atomic mass is 35.5. The minimum Gasteiger partial charge on any atom is -0.493 e. The number of hydrogen-bond acceptors (Lipinski definition) is 6. The Balaban J connectivity index is 1.32. The van der Waals surface area contributed by atoms with Crippen molar-refractivity contribution in [1.82, 2.24) is 14.7 Å². The van der Waals surface area contributed by atoms with Crippen LogP contribution in [0.25, 0.3) is 0 Å². The molecule has 1 atom stereocenters. The third kappa shape index (κ3) is 7.40. The van der Waals surface area contributed by atoms with Gasteiger partial charge >= 0.3 is 0 Å². The largest absolute Gasteiger partial charge is 0.493 e. The number of benzene rings is 2. The Morgan fingerprint density at radius 2 is 1.86 bits per heavy atom. The summed E-state index contributed by atoms with van der Waals surface area (Å²) < 4.78 is 19.6. The van der Waals surface area contributed by atoms with Crippen molar-refractivity contribution < 1.29 is 19.3 Å². The molecule has 2 aromatic carbocycles. The summed E-state index contributed by atoms with van der Waals surface area (Å²) in [6.07, 6.45) is 6.36. The maximum absolute atomic E-state index is 11.3. The van der Waals surface area contributed by atoms with Crippen LogP contribution in [0.2, 0.25) is 5.02 Å². The standard InChI is InChI=1S/C29H38ClN3O4/c1-21-16-31-33(17-21)11-6-12-36-27-15-24(7-8-26(27)35-4)18-32-10-5-9-29(34,19-32)20-37-25-13-22(2)28(30)23(3)14-25/h7-8,13-17,34H,5-6,9-12,18-20H2,1-4H3/t29-/m1/s1. The van der Waals surface area contributed by atoms with Crippen LogP contribution in [-0.2, 0) is 13.1 Å². The number of piperidine rings is 1. The monoisotopic (exact) mass is 527 g/mol. The van der Waals surface area contributed by atoms with Crippen molar-refractivity contribution in [3.63, 3.8) is 0 Å². The van der Waals surface area contributed by atoms with E-state index in [9.17, 15) is 5.11 Å². The molecule has 1 fully saturated rings. The van der Waals surface area contributed by atoms with Crippen LogP contribution in [0.3, 0.4) is 0 Å². The summed E-state index contributed by atoms with van der Waals surface area (Å²) in [6.45, 7) is 9.78. The molecular formula is C29H38ClN3O4. The quantitative estimate of drug-likeness (QED) is 0.339. The van der Waals surface area contributed by atoms with Crippen molar-refractivity contribution in [2.24, 2.45) is 0 Å². The first-order valence-electron chi connectivity index (χ1n) is 12.9. The number of β-amino-alcohol motifs (C(OH)–C–C–N with tert-alkyl or cyclic N) is 1. The summed E-state index contributed by atoms with van der Waals surface area (Å²) in [5, 5.41) is 16.4. The minimum atomic E-state index is -0.906. The second kappa shape index (κ2) is 12.2. The molecule has 0 saturated carbocycles. The number of aromatic nitrogens is 2. The number of methoxy groups -OCH3 is 1. The van der Waals surface area contributed by atoms with Gasteiger partial charge in [0.2, 0.25) is 0 Å². The maximum atomic E-state index is 11.3. The van der Waals surface area contributed by atoms with Gasteiger partial charge in [0.1, 0.15) is 18.0 Å². The third-order valence-corrected chi connectivity index (χ3v) is 7.33. The molecule has 1 saturated heterocycles. The van der Waals surface area contributed by atoms with Crippen LogP contribution in [0, 0.1) is 20.8 Å². The number of ether oxygens (including phenoxy) is 3. The van der Waals surface area contributed by atoms with Gasteiger partial charge in [-0.05, 0) is 86.7 Å². The molecule has 1 aromatic heterocycles. The molecule has 3 aromatic rings. The summed E-state index contributed by atoms with van der Waals surface area (Å²) in [6, 6.07) is 9.90. The number of nitrogens with zero attached hydrogens (tertiary/aromatic N) is 3. The molecule has 0 unspecified atom stereocenters. The van der Waals surface area contributed by atoms with Gasteiger partial charge in [0.25, 0.3) is 0 Å². The molecule has 1 aliphatic heterocycles. The molecule has 1 N–H and O–H groups in total. The fraction of sp³-hybridized carbons (Fsp3) is 0.483. The summed E-state index contributed by atoms with van der Waals surface area (Å²) in [5.41, 5.74) is 3.32. The second-order valence-electron chi connectivity index (χ2n) is 10.2. The number of aliphatic hydroxyl groups is 1. The van der Waals surface area contributed by atoms with Gasteiger partial charge in [-0.15, -0.1) is 0 Å². The van der Waals surface area contributed by atoms with Crippen LogP contribution in [0.1, 0.15) is 41.5 Å². The number of likely N-dealkylation sites (tertiary alicyclic amines) is 1. The summed E-state index contributed by atoms with van der Waals surface area (Å²) >= 11 is 6.28. The van der Waals surface area contributed by atoms with Gasteiger partial charge < -0.3 is 19.3 Å². The summed E-state index contributed by atoms with van der Waals surface area (Å²) in [4.78, 5) is 2.27. The van der Waals surface area contributed by atoms with Crippen LogP contribution in [0.4, 0.5) is 0 Å². The van der Waals surface area contributed by atoms with Crippen molar-refractivity contribution in [3.05, 3.63) is 70.0 Å². The predicted molar refractivity (Wildman–Crippen MR) is 146 cm³/mol. The molecule has 7 nitrogen and oxygen atoms in total. The van der Waals surface area contributed by atoms with E-state index in [1.807, 2.05) is 62.1 Å². The van der Waals surface area contributed by atoms with Gasteiger partial charge in [0.15, 0.2) is 11.5 Å². The first-order chi connectivity index (χ1) is 17.7. The topological polar surface area (TPSA) is 69.0 Å². The molecule has 0 aliphatic carbocycles. The molecule has 0 amide bonds. The van der Waals surface area contributed by atoms with Crippen molar-refractivity contribution in [2.75, 3.05) is 33.4 Å². The Labute approximate surface area is 224 Å². The van der Waals surface area contributed by atoms with E-state index in [4.69, 9.17) is 25.8 Å². The van der Waals surface area contributed by atoms with Crippen molar-refractivity contribution in [1.29, 1.82) is 0 Å². The van der Waals surface area contributed by atoms with Crippen LogP contribution >= 0.6 is 11.6 Å². The van der Waals surface area contributed by atoms with E-state index in [0.29, 0.717) is 26.1 Å². The van der Waals surface area contributed by atoms with Gasteiger partial charge in [0.05, 0.1) is 19.9 Å². The number of rotatable bonds is 11. The Hall–Kier alpha value is -2.74. The molecule has 1 aliphatic rings. The normalized spacial score (nSPS) is 18.1. The maximum Gasteiger partial charge on any atom is 0.161 e. The number of aryl methyl sites for hydroxylation is 4. The molecule has 37 heavy (non-hydrogen) atoms. The smallest absolute Gasteiger partial charge is 0.161 e. The van der Waals surface area contributed by atoms with E-state index in [0.717, 1.165) is 70.5 Å². The molecule has 2 heterocycles. The van der Waals surface area contributed by atoms with Gasteiger partial charge in [-0.2, -0.15) is 5.10 Å². The van der Waals surface area contributed by atoms with E-state index in [2.05, 4.69) is 16.1 Å². The van der Waals surface area contributed by atoms with Gasteiger partial charge in [-0.1, -0.05) is 17.7 Å². The number of halogens is 1. The number of hydrogen-bond donors (Lipinski definition) is 1. The Morgan fingerprint density at radius 1 is 1.08 bits per heavy atom. The zero-order chi connectivity index (χ0) is 26.4. The lowest BCUT2D eigenvalue weighted by Gasteiger charge is -2.39. The lowest BCUT2D eigenvalue weighted by molar-refractivity contribution is -0.0621. The molecular weight excluding hydrogens is 490 g/mol. The summed E-state index contributed by atoms with van der Waals surface area (Å²) in [5.74, 6) is 2.20. The summed E-state index contributed by atoms with van der Waals surface area (Å²) in [7, 11) is 1.66.